The van der Waals surface area contributed by atoms with Crippen LogP contribution in [0.3, 0.4) is 0 Å². The second kappa shape index (κ2) is 3.85. The van der Waals surface area contributed by atoms with Crippen molar-refractivity contribution in [1.29, 1.82) is 5.26 Å². The number of carbonyl (C=O) groups is 1. The van der Waals surface area contributed by atoms with Gasteiger partial charge in [0.05, 0.1) is 6.10 Å². The van der Waals surface area contributed by atoms with Gasteiger partial charge in [-0.1, -0.05) is 0 Å². The monoisotopic (exact) mass is 142 g/mol. The fourth-order valence-electron chi connectivity index (χ4n) is 0.411. The maximum atomic E-state index is 10.0. The number of nitrogens with zero attached hydrogens (tertiary/aromatic N) is 1. The molecule has 0 rings (SSSR count). The van der Waals surface area contributed by atoms with E-state index in [1.807, 2.05) is 0 Å². The first-order valence-electron chi connectivity index (χ1n) is 2.84. The molecule has 0 spiro atoms. The van der Waals surface area contributed by atoms with Crippen LogP contribution in [0.1, 0.15) is 13.8 Å². The third kappa shape index (κ3) is 3.05. The fourth-order valence-corrected chi connectivity index (χ4v) is 0.411. The van der Waals surface area contributed by atoms with Gasteiger partial charge in [0.1, 0.15) is 6.07 Å². The molecule has 0 N–H and O–H groups in total. The van der Waals surface area contributed by atoms with Crippen molar-refractivity contribution in [3.8, 4) is 6.07 Å². The molecule has 4 nitrogen and oxygen atoms in total. The van der Waals surface area contributed by atoms with Crippen LogP contribution in [0.5, 0.6) is 0 Å². The third-order valence-electron chi connectivity index (χ3n) is 0.740. The molecule has 0 bridgehead atoms. The average molecular weight is 142 g/mol. The average Bonchev–Trinajstić information content (AvgIpc) is 1.81. The van der Waals surface area contributed by atoms with Crippen molar-refractivity contribution in [3.05, 3.63) is 0 Å². The highest BCUT2D eigenvalue weighted by atomic mass is 16.5. The van der Waals surface area contributed by atoms with Gasteiger partial charge >= 0.3 is 5.97 Å². The predicted octanol–water partition coefficient (Wildman–Crippen LogP) is 0.261. The van der Waals surface area contributed by atoms with Crippen molar-refractivity contribution in [3.63, 3.8) is 0 Å². The molecule has 1 atom stereocenters. The first-order valence-corrected chi connectivity index (χ1v) is 2.84. The van der Waals surface area contributed by atoms with Crippen LogP contribution in [0.25, 0.3) is 0 Å². The molecule has 10 heavy (non-hydrogen) atoms. The molecule has 0 saturated heterocycles. The van der Waals surface area contributed by atoms with E-state index in [0.717, 1.165) is 0 Å². The summed E-state index contributed by atoms with van der Waals surface area (Å²) in [5.74, 6) is -1.49. The molecular weight excluding hydrogens is 134 g/mol. The first kappa shape index (κ1) is 8.92. The summed E-state index contributed by atoms with van der Waals surface area (Å²) in [5.41, 5.74) is 0. The van der Waals surface area contributed by atoms with Crippen LogP contribution in [0.15, 0.2) is 0 Å². The molecule has 0 aromatic carbocycles. The Balaban J connectivity index is 3.88. The minimum atomic E-state index is -1.49. The van der Waals surface area contributed by atoms with Gasteiger partial charge in [-0.25, -0.2) is 9.90 Å². The van der Waals surface area contributed by atoms with Crippen LogP contribution >= 0.6 is 0 Å². The van der Waals surface area contributed by atoms with Gasteiger partial charge < -0.3 is 4.74 Å². The van der Waals surface area contributed by atoms with E-state index in [-0.39, 0.29) is 6.10 Å². The Morgan fingerprint density at radius 2 is 2.10 bits per heavy atom. The van der Waals surface area contributed by atoms with Gasteiger partial charge in [0.15, 0.2) is 0 Å². The normalized spacial score (nSPS) is 12.6. The summed E-state index contributed by atoms with van der Waals surface area (Å²) in [7, 11) is 0. The number of hydrogen-bond acceptors (Lipinski definition) is 3. The van der Waals surface area contributed by atoms with Gasteiger partial charge in [0, 0.05) is 0 Å². The van der Waals surface area contributed by atoms with Crippen LogP contribution in [-0.4, -0.2) is 18.2 Å². The van der Waals surface area contributed by atoms with Crippen molar-refractivity contribution in [2.45, 2.75) is 26.1 Å². The summed E-state index contributed by atoms with van der Waals surface area (Å²) >= 11 is 0. The summed E-state index contributed by atoms with van der Waals surface area (Å²) in [6, 6.07) is 1.45. The quantitative estimate of drug-likeness (QED) is 0.567. The molecular formula is C6H8NO3. The standard InChI is InChI=1S/C6H8NO3/c1-4(2)10-5(3-7)6(8)9/h4-5H,1-2H3. The zero-order chi connectivity index (χ0) is 8.15. The molecule has 0 aliphatic heterocycles. The number of nitriles is 1. The van der Waals surface area contributed by atoms with Crippen LogP contribution in [0.2, 0.25) is 0 Å². The van der Waals surface area contributed by atoms with E-state index in [9.17, 15) is 9.90 Å². The number of carbonyl (C=O) groups excluding carboxylic acids is 1. The zero-order valence-corrected chi connectivity index (χ0v) is 5.83. The Bertz CT molecular complexity index is 159. The van der Waals surface area contributed by atoms with E-state index in [1.165, 1.54) is 6.07 Å². The van der Waals surface area contributed by atoms with E-state index >= 15 is 0 Å². The lowest BCUT2D eigenvalue weighted by molar-refractivity contribution is -0.155. The van der Waals surface area contributed by atoms with E-state index in [1.54, 1.807) is 13.8 Å². The SMILES string of the molecule is CC(C)OC(C#N)C([O])=O. The smallest absolute Gasteiger partial charge is 0.350 e. The van der Waals surface area contributed by atoms with Crippen LogP contribution in [0.4, 0.5) is 0 Å². The van der Waals surface area contributed by atoms with Crippen LogP contribution < -0.4 is 0 Å². The molecule has 0 aromatic heterocycles. The second-order valence-corrected chi connectivity index (χ2v) is 2.01. The summed E-state index contributed by atoms with van der Waals surface area (Å²) in [6.07, 6.45) is -1.72. The Morgan fingerprint density at radius 1 is 1.60 bits per heavy atom. The Labute approximate surface area is 59.0 Å². The number of rotatable bonds is 3. The van der Waals surface area contributed by atoms with Gasteiger partial charge in [-0.15, -0.1) is 0 Å². The summed E-state index contributed by atoms with van der Waals surface area (Å²) in [6.45, 7) is 3.29. The fraction of sp³-hybridized carbons (Fsp3) is 0.667. The van der Waals surface area contributed by atoms with E-state index < -0.39 is 12.1 Å². The Morgan fingerprint density at radius 3 is 2.20 bits per heavy atom. The molecule has 0 aliphatic rings. The van der Waals surface area contributed by atoms with Crippen LogP contribution in [0, 0.1) is 11.3 Å². The summed E-state index contributed by atoms with van der Waals surface area (Å²) < 4.78 is 4.64. The van der Waals surface area contributed by atoms with Crippen molar-refractivity contribution >= 4 is 5.97 Å². The van der Waals surface area contributed by atoms with Crippen molar-refractivity contribution in [1.82, 2.24) is 0 Å². The van der Waals surface area contributed by atoms with Gasteiger partial charge in [-0.05, 0) is 13.8 Å². The van der Waals surface area contributed by atoms with E-state index in [4.69, 9.17) is 5.26 Å². The van der Waals surface area contributed by atoms with Gasteiger partial charge in [-0.3, -0.25) is 0 Å². The number of hydrogen-bond donors (Lipinski definition) is 0. The van der Waals surface area contributed by atoms with Crippen molar-refractivity contribution < 1.29 is 14.6 Å². The molecule has 0 aromatic rings. The molecule has 0 fully saturated rings. The van der Waals surface area contributed by atoms with Crippen molar-refractivity contribution in [2.24, 2.45) is 0 Å². The predicted molar refractivity (Wildman–Crippen MR) is 31.3 cm³/mol. The van der Waals surface area contributed by atoms with Crippen LogP contribution in [-0.2, 0) is 14.6 Å². The lowest BCUT2D eigenvalue weighted by atomic mass is 10.4. The third-order valence-corrected chi connectivity index (χ3v) is 0.740. The molecule has 1 unspecified atom stereocenters. The molecule has 0 saturated carbocycles. The Kier molecular flexibility index (Phi) is 3.44. The second-order valence-electron chi connectivity index (χ2n) is 2.01. The molecule has 4 heteroatoms. The molecule has 0 aliphatic carbocycles. The van der Waals surface area contributed by atoms with Gasteiger partial charge in [-0.2, -0.15) is 5.26 Å². The maximum Gasteiger partial charge on any atom is 0.398 e. The highest BCUT2D eigenvalue weighted by molar-refractivity contribution is 5.75. The summed E-state index contributed by atoms with van der Waals surface area (Å²) in [4.78, 5) is 10.0. The lowest BCUT2D eigenvalue weighted by Gasteiger charge is -2.06. The lowest BCUT2D eigenvalue weighted by Crippen LogP contribution is -2.24. The minimum Gasteiger partial charge on any atom is -0.350 e. The Hall–Kier alpha value is -1.08. The van der Waals surface area contributed by atoms with E-state index in [0.29, 0.717) is 0 Å². The molecule has 55 valence electrons. The maximum absolute atomic E-state index is 10.0. The summed E-state index contributed by atoms with van der Waals surface area (Å²) in [5, 5.41) is 18.2. The molecule has 0 heterocycles. The largest absolute Gasteiger partial charge is 0.398 e. The molecule has 0 amide bonds. The first-order chi connectivity index (χ1) is 4.57. The highest BCUT2D eigenvalue weighted by Crippen LogP contribution is 1.96. The zero-order valence-electron chi connectivity index (χ0n) is 5.83. The van der Waals surface area contributed by atoms with Crippen molar-refractivity contribution in [2.75, 3.05) is 0 Å². The minimum absolute atomic E-state index is 0.275. The van der Waals surface area contributed by atoms with E-state index in [2.05, 4.69) is 4.74 Å². The number of ether oxygens (including phenoxy) is 1. The van der Waals surface area contributed by atoms with Gasteiger partial charge in [0.2, 0.25) is 6.10 Å². The van der Waals surface area contributed by atoms with Gasteiger partial charge in [0.25, 0.3) is 0 Å². The molecule has 1 radical (unpaired) electrons. The highest BCUT2D eigenvalue weighted by Gasteiger charge is 2.19. The topological polar surface area (TPSA) is 70.0 Å².